The van der Waals surface area contributed by atoms with Crippen LogP contribution in [0, 0.1) is 22.7 Å². The van der Waals surface area contributed by atoms with Gasteiger partial charge in [0.05, 0.1) is 17.7 Å². The van der Waals surface area contributed by atoms with Crippen LogP contribution in [0.2, 0.25) is 0 Å². The summed E-state index contributed by atoms with van der Waals surface area (Å²) in [6, 6.07) is 12.7. The van der Waals surface area contributed by atoms with E-state index >= 15 is 0 Å². The Labute approximate surface area is 88.5 Å². The van der Waals surface area contributed by atoms with Crippen molar-refractivity contribution in [1.29, 1.82) is 10.5 Å². The lowest BCUT2D eigenvalue weighted by molar-refractivity contribution is 0.271. The van der Waals surface area contributed by atoms with E-state index in [1.807, 2.05) is 36.4 Å². The van der Waals surface area contributed by atoms with E-state index in [2.05, 4.69) is 0 Å². The minimum absolute atomic E-state index is 0.101. The summed E-state index contributed by atoms with van der Waals surface area (Å²) in [5, 5.41) is 26.7. The second-order valence-corrected chi connectivity index (χ2v) is 3.05. The first-order valence-electron chi connectivity index (χ1n) is 4.44. The van der Waals surface area contributed by atoms with Gasteiger partial charge < -0.3 is 5.11 Å². The lowest BCUT2D eigenvalue weighted by Crippen LogP contribution is -2.07. The maximum absolute atomic E-state index is 9.31. The highest BCUT2D eigenvalue weighted by molar-refractivity contribution is 5.71. The highest BCUT2D eigenvalue weighted by Gasteiger charge is 2.13. The smallest absolute Gasteiger partial charge is 0.176 e. The number of aliphatic hydroxyl groups is 1. The maximum Gasteiger partial charge on any atom is 0.176 e. The normalized spacial score (nSPS) is 13.3. The Hall–Kier alpha value is -2.10. The number of nitrogens with zero attached hydrogens (tertiary/aromatic N) is 2. The second kappa shape index (κ2) is 4.95. The molecule has 0 amide bonds. The van der Waals surface area contributed by atoms with Gasteiger partial charge in [0.1, 0.15) is 0 Å². The molecule has 0 saturated heterocycles. The van der Waals surface area contributed by atoms with Crippen molar-refractivity contribution in [2.24, 2.45) is 0 Å². The molecule has 0 aromatic heterocycles. The minimum Gasteiger partial charge on any atom is -0.373 e. The van der Waals surface area contributed by atoms with E-state index in [9.17, 15) is 5.11 Å². The summed E-state index contributed by atoms with van der Waals surface area (Å²) in [4.78, 5) is 0. The monoisotopic (exact) mass is 198 g/mol. The Morgan fingerprint density at radius 2 is 1.87 bits per heavy atom. The second-order valence-electron chi connectivity index (χ2n) is 3.05. The van der Waals surface area contributed by atoms with Crippen molar-refractivity contribution >= 4 is 5.57 Å². The first-order chi connectivity index (χ1) is 7.20. The highest BCUT2D eigenvalue weighted by atomic mass is 16.3. The van der Waals surface area contributed by atoms with E-state index in [0.717, 1.165) is 5.56 Å². The molecule has 1 aromatic carbocycles. The van der Waals surface area contributed by atoms with Gasteiger partial charge in [-0.05, 0) is 18.1 Å². The summed E-state index contributed by atoms with van der Waals surface area (Å²) in [6.45, 7) is 1.72. The van der Waals surface area contributed by atoms with Crippen LogP contribution in [-0.2, 0) is 0 Å². The molecule has 0 radical (unpaired) electrons. The predicted octanol–water partition coefficient (Wildman–Crippen LogP) is 1.87. The molecule has 0 fully saturated rings. The maximum atomic E-state index is 9.31. The number of benzene rings is 1. The Morgan fingerprint density at radius 1 is 1.27 bits per heavy atom. The number of aliphatic hydroxyl groups excluding tert-OH is 1. The number of hydrogen-bond donors (Lipinski definition) is 1. The molecule has 1 N–H and O–H groups in total. The molecule has 1 rings (SSSR count). The van der Waals surface area contributed by atoms with Gasteiger partial charge in [0.2, 0.25) is 0 Å². The first-order valence-corrected chi connectivity index (χ1v) is 4.44. The van der Waals surface area contributed by atoms with Crippen LogP contribution in [0.5, 0.6) is 0 Å². The fraction of sp³-hybridized carbons (Fsp3) is 0.167. The third-order valence-electron chi connectivity index (χ3n) is 2.13. The molecule has 0 aliphatic heterocycles. The van der Waals surface area contributed by atoms with E-state index in [4.69, 9.17) is 10.5 Å². The molecule has 74 valence electrons. The zero-order valence-electron chi connectivity index (χ0n) is 8.31. The predicted molar refractivity (Wildman–Crippen MR) is 56.3 cm³/mol. The topological polar surface area (TPSA) is 67.8 Å². The van der Waals surface area contributed by atoms with Crippen molar-refractivity contribution in [3.63, 3.8) is 0 Å². The van der Waals surface area contributed by atoms with Crippen molar-refractivity contribution in [3.05, 3.63) is 41.5 Å². The first kappa shape index (κ1) is 11.0. The van der Waals surface area contributed by atoms with E-state index in [1.165, 1.54) is 0 Å². The minimum atomic E-state index is -1.35. The van der Waals surface area contributed by atoms with Gasteiger partial charge in [-0.3, -0.25) is 0 Å². The zero-order chi connectivity index (χ0) is 11.3. The Kier molecular flexibility index (Phi) is 3.62. The Morgan fingerprint density at radius 3 is 2.33 bits per heavy atom. The highest BCUT2D eigenvalue weighted by Crippen LogP contribution is 2.19. The van der Waals surface area contributed by atoms with Gasteiger partial charge in [-0.15, -0.1) is 0 Å². The van der Waals surface area contributed by atoms with E-state index in [-0.39, 0.29) is 5.57 Å². The number of nitriles is 2. The molecule has 3 nitrogen and oxygen atoms in total. The largest absolute Gasteiger partial charge is 0.373 e. The summed E-state index contributed by atoms with van der Waals surface area (Å²) in [5.74, 6) is 0. The lowest BCUT2D eigenvalue weighted by Gasteiger charge is -2.06. The molecular formula is C12H10N2O. The van der Waals surface area contributed by atoms with Crippen LogP contribution in [0.25, 0.3) is 5.57 Å². The molecule has 0 heterocycles. The number of rotatable bonds is 2. The van der Waals surface area contributed by atoms with Crippen molar-refractivity contribution in [1.82, 2.24) is 0 Å². The lowest BCUT2D eigenvalue weighted by atomic mass is 9.99. The van der Waals surface area contributed by atoms with Crippen LogP contribution in [0.15, 0.2) is 35.9 Å². The van der Waals surface area contributed by atoms with Gasteiger partial charge >= 0.3 is 0 Å². The van der Waals surface area contributed by atoms with Gasteiger partial charge in [-0.25, -0.2) is 0 Å². The zero-order valence-corrected chi connectivity index (χ0v) is 8.31. The molecule has 1 unspecified atom stereocenters. The summed E-state index contributed by atoms with van der Waals surface area (Å²) in [7, 11) is 0. The summed E-state index contributed by atoms with van der Waals surface area (Å²) < 4.78 is 0. The van der Waals surface area contributed by atoms with Crippen molar-refractivity contribution in [3.8, 4) is 12.1 Å². The number of hydrogen-bond acceptors (Lipinski definition) is 3. The van der Waals surface area contributed by atoms with Crippen LogP contribution in [-0.4, -0.2) is 11.2 Å². The molecule has 0 spiro atoms. The summed E-state index contributed by atoms with van der Waals surface area (Å²) in [5.41, 5.74) is 1.57. The van der Waals surface area contributed by atoms with Gasteiger partial charge in [0.15, 0.2) is 6.10 Å². The molecule has 1 atom stereocenters. The molecule has 0 aliphatic rings. The fourth-order valence-corrected chi connectivity index (χ4v) is 1.26. The molecule has 15 heavy (non-hydrogen) atoms. The van der Waals surface area contributed by atoms with Crippen LogP contribution in [0.4, 0.5) is 0 Å². The quantitative estimate of drug-likeness (QED) is 0.582. The Balaban J connectivity index is 3.21. The standard InChI is InChI=1S/C12H10N2O/c1-9(10-5-3-2-4-6-10)11(7-13)12(15)8-14/h2-6,12,15H,1H3. The molecule has 3 heteroatoms. The van der Waals surface area contributed by atoms with E-state index in [1.54, 1.807) is 13.0 Å². The fourth-order valence-electron chi connectivity index (χ4n) is 1.26. The summed E-state index contributed by atoms with van der Waals surface area (Å²) >= 11 is 0. The van der Waals surface area contributed by atoms with Gasteiger partial charge in [0.25, 0.3) is 0 Å². The van der Waals surface area contributed by atoms with Crippen molar-refractivity contribution in [2.45, 2.75) is 13.0 Å². The van der Waals surface area contributed by atoms with Crippen molar-refractivity contribution in [2.75, 3.05) is 0 Å². The van der Waals surface area contributed by atoms with Crippen LogP contribution in [0.3, 0.4) is 0 Å². The average molecular weight is 198 g/mol. The van der Waals surface area contributed by atoms with Crippen molar-refractivity contribution < 1.29 is 5.11 Å². The van der Waals surface area contributed by atoms with Crippen LogP contribution >= 0.6 is 0 Å². The Bertz CT molecular complexity index is 449. The van der Waals surface area contributed by atoms with Gasteiger partial charge in [-0.2, -0.15) is 10.5 Å². The molecule has 0 bridgehead atoms. The van der Waals surface area contributed by atoms with Gasteiger partial charge in [-0.1, -0.05) is 30.3 Å². The SMILES string of the molecule is CC(=C(C#N)C(O)C#N)c1ccccc1. The molecular weight excluding hydrogens is 188 g/mol. The molecule has 1 aromatic rings. The van der Waals surface area contributed by atoms with E-state index < -0.39 is 6.10 Å². The number of allylic oxidation sites excluding steroid dienone is 1. The van der Waals surface area contributed by atoms with Crippen LogP contribution < -0.4 is 0 Å². The third kappa shape index (κ3) is 2.43. The van der Waals surface area contributed by atoms with E-state index in [0.29, 0.717) is 5.57 Å². The third-order valence-corrected chi connectivity index (χ3v) is 2.13. The van der Waals surface area contributed by atoms with Crippen LogP contribution in [0.1, 0.15) is 12.5 Å². The summed E-state index contributed by atoms with van der Waals surface area (Å²) in [6.07, 6.45) is -1.35. The van der Waals surface area contributed by atoms with Gasteiger partial charge in [0, 0.05) is 0 Å². The molecule has 0 saturated carbocycles. The average Bonchev–Trinajstić information content (AvgIpc) is 2.30. The molecule has 0 aliphatic carbocycles.